The normalized spacial score (nSPS) is 13.7. The number of aromatic hydroxyl groups is 1. The van der Waals surface area contributed by atoms with Crippen molar-refractivity contribution in [3.8, 4) is 17.2 Å². The summed E-state index contributed by atoms with van der Waals surface area (Å²) in [4.78, 5) is 10.7. The molecular formula is C19H28O5. The first kappa shape index (κ1) is 19.9. The van der Waals surface area contributed by atoms with E-state index >= 15 is 0 Å². The van der Waals surface area contributed by atoms with Crippen LogP contribution in [0.5, 0.6) is 17.2 Å². The molecule has 2 N–H and O–H groups in total. The third kappa shape index (κ3) is 6.52. The SMILES string of the molecule is CCCC(C)Oc1cc(/C=C/C(=O)O)cc(OC(C)CCC)c1O. The van der Waals surface area contributed by atoms with E-state index in [9.17, 15) is 9.90 Å². The highest BCUT2D eigenvalue weighted by molar-refractivity contribution is 5.85. The van der Waals surface area contributed by atoms with Gasteiger partial charge in [0.2, 0.25) is 5.75 Å². The summed E-state index contributed by atoms with van der Waals surface area (Å²) < 4.78 is 11.6. The van der Waals surface area contributed by atoms with Crippen LogP contribution >= 0.6 is 0 Å². The van der Waals surface area contributed by atoms with E-state index in [0.717, 1.165) is 31.8 Å². The number of rotatable bonds is 10. The molecule has 1 rings (SSSR count). The lowest BCUT2D eigenvalue weighted by Gasteiger charge is -2.20. The molecule has 0 bridgehead atoms. The summed E-state index contributed by atoms with van der Waals surface area (Å²) in [5.41, 5.74) is 0.604. The van der Waals surface area contributed by atoms with E-state index in [-0.39, 0.29) is 18.0 Å². The molecule has 1 aromatic carbocycles. The highest BCUT2D eigenvalue weighted by Gasteiger charge is 2.16. The summed E-state index contributed by atoms with van der Waals surface area (Å²) in [6.07, 6.45) is 6.05. The van der Waals surface area contributed by atoms with Gasteiger partial charge in [-0.05, 0) is 50.5 Å². The molecule has 0 radical (unpaired) electrons. The minimum atomic E-state index is -1.04. The lowest BCUT2D eigenvalue weighted by atomic mass is 10.1. The average molecular weight is 336 g/mol. The molecule has 2 atom stereocenters. The molecule has 0 amide bonds. The number of phenolic OH excluding ortho intramolecular Hbond substituents is 1. The summed E-state index contributed by atoms with van der Waals surface area (Å²) in [5.74, 6) is -0.468. The molecule has 0 heterocycles. The predicted molar refractivity (Wildman–Crippen MR) is 94.8 cm³/mol. The number of carbonyl (C=O) groups is 1. The zero-order valence-corrected chi connectivity index (χ0v) is 14.9. The summed E-state index contributed by atoms with van der Waals surface area (Å²) in [5, 5.41) is 19.2. The molecule has 5 nitrogen and oxygen atoms in total. The van der Waals surface area contributed by atoms with Gasteiger partial charge >= 0.3 is 5.97 Å². The molecule has 0 aromatic heterocycles. The van der Waals surface area contributed by atoms with Gasteiger partial charge < -0.3 is 19.7 Å². The van der Waals surface area contributed by atoms with Gasteiger partial charge in [0.1, 0.15) is 0 Å². The van der Waals surface area contributed by atoms with Crippen LogP contribution in [0.4, 0.5) is 0 Å². The largest absolute Gasteiger partial charge is 0.502 e. The van der Waals surface area contributed by atoms with Crippen molar-refractivity contribution in [2.24, 2.45) is 0 Å². The van der Waals surface area contributed by atoms with Gasteiger partial charge in [-0.1, -0.05) is 26.7 Å². The van der Waals surface area contributed by atoms with E-state index in [2.05, 4.69) is 13.8 Å². The quantitative estimate of drug-likeness (QED) is 0.609. The molecule has 0 aliphatic rings. The van der Waals surface area contributed by atoms with Crippen molar-refractivity contribution in [1.29, 1.82) is 0 Å². The van der Waals surface area contributed by atoms with Crippen LogP contribution in [0, 0.1) is 0 Å². The van der Waals surface area contributed by atoms with Crippen LogP contribution in [0.25, 0.3) is 6.08 Å². The second-order valence-electron chi connectivity index (χ2n) is 5.97. The number of phenols is 1. The van der Waals surface area contributed by atoms with E-state index in [4.69, 9.17) is 14.6 Å². The molecule has 0 fully saturated rings. The van der Waals surface area contributed by atoms with E-state index in [1.165, 1.54) is 6.08 Å². The van der Waals surface area contributed by atoms with Gasteiger partial charge in [0.25, 0.3) is 0 Å². The minimum Gasteiger partial charge on any atom is -0.502 e. The Hall–Kier alpha value is -2.17. The summed E-state index contributed by atoms with van der Waals surface area (Å²) in [7, 11) is 0. The van der Waals surface area contributed by atoms with Crippen molar-refractivity contribution in [2.45, 2.75) is 65.6 Å². The van der Waals surface area contributed by atoms with Gasteiger partial charge in [-0.15, -0.1) is 0 Å². The molecule has 0 aliphatic carbocycles. The Kier molecular flexibility index (Phi) is 8.16. The number of carboxylic acid groups (broad SMARTS) is 1. The Morgan fingerprint density at radius 1 is 1.08 bits per heavy atom. The number of ether oxygens (including phenoxy) is 2. The van der Waals surface area contributed by atoms with Crippen LogP contribution in [-0.2, 0) is 4.79 Å². The molecular weight excluding hydrogens is 308 g/mol. The van der Waals surface area contributed by atoms with Crippen LogP contribution in [0.2, 0.25) is 0 Å². The number of hydrogen-bond acceptors (Lipinski definition) is 4. The van der Waals surface area contributed by atoms with Crippen molar-refractivity contribution in [3.05, 3.63) is 23.8 Å². The molecule has 2 unspecified atom stereocenters. The lowest BCUT2D eigenvalue weighted by molar-refractivity contribution is -0.131. The van der Waals surface area contributed by atoms with Crippen LogP contribution in [0.3, 0.4) is 0 Å². The van der Waals surface area contributed by atoms with Crippen molar-refractivity contribution < 1.29 is 24.5 Å². The molecule has 0 aliphatic heterocycles. The average Bonchev–Trinajstić information content (AvgIpc) is 2.49. The maximum atomic E-state index is 10.7. The van der Waals surface area contributed by atoms with Gasteiger partial charge in [0.15, 0.2) is 11.5 Å². The Labute approximate surface area is 143 Å². The standard InChI is InChI=1S/C19H28O5/c1-5-7-13(3)23-16-11-15(9-10-18(20)21)12-17(19(16)22)24-14(4)8-6-2/h9-14,22H,5-8H2,1-4H3,(H,20,21)/b10-9+. The fraction of sp³-hybridized carbons (Fsp3) is 0.526. The number of benzene rings is 1. The molecule has 0 saturated carbocycles. The first-order valence-corrected chi connectivity index (χ1v) is 8.48. The third-order valence-electron chi connectivity index (χ3n) is 3.53. The first-order valence-electron chi connectivity index (χ1n) is 8.48. The molecule has 5 heteroatoms. The zero-order chi connectivity index (χ0) is 18.1. The van der Waals surface area contributed by atoms with E-state index < -0.39 is 5.97 Å². The predicted octanol–water partition coefficient (Wildman–Crippen LogP) is 4.62. The number of hydrogen-bond donors (Lipinski definition) is 2. The van der Waals surface area contributed by atoms with Crippen molar-refractivity contribution in [3.63, 3.8) is 0 Å². The van der Waals surface area contributed by atoms with Crippen LogP contribution in [-0.4, -0.2) is 28.4 Å². The Morgan fingerprint density at radius 3 is 1.92 bits per heavy atom. The Balaban J connectivity index is 3.14. The van der Waals surface area contributed by atoms with Crippen LogP contribution in [0.1, 0.15) is 58.9 Å². The highest BCUT2D eigenvalue weighted by Crippen LogP contribution is 2.39. The van der Waals surface area contributed by atoms with Gasteiger partial charge in [-0.2, -0.15) is 0 Å². The molecule has 0 saturated heterocycles. The molecule has 24 heavy (non-hydrogen) atoms. The smallest absolute Gasteiger partial charge is 0.328 e. The monoisotopic (exact) mass is 336 g/mol. The van der Waals surface area contributed by atoms with Gasteiger partial charge in [-0.3, -0.25) is 0 Å². The fourth-order valence-electron chi connectivity index (χ4n) is 2.41. The maximum Gasteiger partial charge on any atom is 0.328 e. The Morgan fingerprint density at radius 2 is 1.54 bits per heavy atom. The second-order valence-corrected chi connectivity index (χ2v) is 5.97. The minimum absolute atomic E-state index is 0.0478. The van der Waals surface area contributed by atoms with Gasteiger partial charge in [0, 0.05) is 6.08 Å². The zero-order valence-electron chi connectivity index (χ0n) is 14.9. The maximum absolute atomic E-state index is 10.7. The topological polar surface area (TPSA) is 76.0 Å². The molecule has 1 aromatic rings. The number of carboxylic acids is 1. The Bertz CT molecular complexity index is 530. The molecule has 0 spiro atoms. The van der Waals surface area contributed by atoms with E-state index in [1.807, 2.05) is 13.8 Å². The number of aliphatic carboxylic acids is 1. The second kappa shape index (κ2) is 9.85. The first-order chi connectivity index (χ1) is 11.4. The van der Waals surface area contributed by atoms with Crippen LogP contribution < -0.4 is 9.47 Å². The van der Waals surface area contributed by atoms with Crippen LogP contribution in [0.15, 0.2) is 18.2 Å². The third-order valence-corrected chi connectivity index (χ3v) is 3.53. The fourth-order valence-corrected chi connectivity index (χ4v) is 2.41. The van der Waals surface area contributed by atoms with Crippen molar-refractivity contribution >= 4 is 12.0 Å². The van der Waals surface area contributed by atoms with Gasteiger partial charge in [-0.25, -0.2) is 4.79 Å². The highest BCUT2D eigenvalue weighted by atomic mass is 16.5. The van der Waals surface area contributed by atoms with Gasteiger partial charge in [0.05, 0.1) is 12.2 Å². The lowest BCUT2D eigenvalue weighted by Crippen LogP contribution is -2.13. The van der Waals surface area contributed by atoms with Crippen molar-refractivity contribution in [1.82, 2.24) is 0 Å². The van der Waals surface area contributed by atoms with Crippen molar-refractivity contribution in [2.75, 3.05) is 0 Å². The summed E-state index contributed by atoms with van der Waals surface area (Å²) in [6.45, 7) is 7.99. The van der Waals surface area contributed by atoms with E-state index in [1.54, 1.807) is 12.1 Å². The summed E-state index contributed by atoms with van der Waals surface area (Å²) >= 11 is 0. The molecule has 134 valence electrons. The van der Waals surface area contributed by atoms with E-state index in [0.29, 0.717) is 17.1 Å². The summed E-state index contributed by atoms with van der Waals surface area (Å²) in [6, 6.07) is 3.25.